The molecule has 0 saturated heterocycles. The van der Waals surface area contributed by atoms with Gasteiger partial charge >= 0.3 is 0 Å². The van der Waals surface area contributed by atoms with Crippen LogP contribution in [0, 0.1) is 11.2 Å². The molecule has 1 aliphatic carbocycles. The van der Waals surface area contributed by atoms with Gasteiger partial charge in [-0.1, -0.05) is 20.3 Å². The first-order chi connectivity index (χ1) is 8.93. The highest BCUT2D eigenvalue weighted by atomic mass is 19.1. The molecule has 1 amide bonds. The van der Waals surface area contributed by atoms with Crippen LogP contribution in [-0.2, 0) is 0 Å². The molecule has 1 aromatic rings. The molecule has 1 unspecified atom stereocenters. The van der Waals surface area contributed by atoms with E-state index in [2.05, 4.69) is 24.1 Å². The molecule has 1 heterocycles. The van der Waals surface area contributed by atoms with Gasteiger partial charge in [0.05, 0.1) is 7.11 Å². The predicted molar refractivity (Wildman–Crippen MR) is 70.8 cm³/mol. The highest BCUT2D eigenvalue weighted by molar-refractivity contribution is 5.95. The number of carbonyl (C=O) groups excluding carboxylic acids is 1. The number of rotatable bonds is 3. The average molecular weight is 268 g/mol. The Labute approximate surface area is 112 Å². The van der Waals surface area contributed by atoms with Crippen LogP contribution in [0.2, 0.25) is 0 Å². The number of amides is 1. The number of hydrogen-bond acceptors (Lipinski definition) is 2. The molecule has 0 bridgehead atoms. The molecule has 1 aliphatic rings. The minimum absolute atomic E-state index is 0.0208. The van der Waals surface area contributed by atoms with Crippen molar-refractivity contribution in [1.29, 1.82) is 0 Å². The van der Waals surface area contributed by atoms with Crippen molar-refractivity contribution in [2.24, 2.45) is 5.41 Å². The van der Waals surface area contributed by atoms with Crippen LogP contribution in [0.5, 0.6) is 5.75 Å². The Kier molecular flexibility index (Phi) is 3.83. The topological polar surface area (TPSA) is 54.1 Å². The standard InChI is InChI=1S/C14H21FN2O2/c1-14(2)6-4-5-9(7-14)17-13(18)11-12(19-3)10(15)8-16-11/h8-9,16H,4-7H2,1-3H3,(H,17,18). The maximum Gasteiger partial charge on any atom is 0.271 e. The quantitative estimate of drug-likeness (QED) is 0.885. The third kappa shape index (κ3) is 3.08. The largest absolute Gasteiger partial charge is 0.491 e. The molecule has 0 aromatic carbocycles. The van der Waals surface area contributed by atoms with Gasteiger partial charge in [-0.25, -0.2) is 4.39 Å². The van der Waals surface area contributed by atoms with Crippen molar-refractivity contribution in [2.45, 2.75) is 45.6 Å². The molecule has 2 N–H and O–H groups in total. The molecule has 0 aliphatic heterocycles. The maximum atomic E-state index is 13.3. The van der Waals surface area contributed by atoms with Crippen LogP contribution in [-0.4, -0.2) is 24.0 Å². The van der Waals surface area contributed by atoms with Crippen molar-refractivity contribution < 1.29 is 13.9 Å². The second-order valence-electron chi connectivity index (χ2n) is 5.98. The Morgan fingerprint density at radius 2 is 2.32 bits per heavy atom. The van der Waals surface area contributed by atoms with Crippen LogP contribution in [0.1, 0.15) is 50.0 Å². The van der Waals surface area contributed by atoms with Crippen LogP contribution < -0.4 is 10.1 Å². The molecule has 0 spiro atoms. The van der Waals surface area contributed by atoms with Gasteiger partial charge in [0, 0.05) is 12.2 Å². The summed E-state index contributed by atoms with van der Waals surface area (Å²) >= 11 is 0. The van der Waals surface area contributed by atoms with Crippen LogP contribution >= 0.6 is 0 Å². The summed E-state index contributed by atoms with van der Waals surface area (Å²) in [5.74, 6) is -0.868. The predicted octanol–water partition coefficient (Wildman–Crippen LogP) is 2.86. The van der Waals surface area contributed by atoms with E-state index in [9.17, 15) is 9.18 Å². The molecular formula is C14H21FN2O2. The van der Waals surface area contributed by atoms with Crippen molar-refractivity contribution in [1.82, 2.24) is 10.3 Å². The van der Waals surface area contributed by atoms with Gasteiger partial charge in [-0.05, 0) is 24.7 Å². The molecule has 19 heavy (non-hydrogen) atoms. The summed E-state index contributed by atoms with van der Waals surface area (Å²) in [7, 11) is 1.35. The molecular weight excluding hydrogens is 247 g/mol. The number of H-pyrrole nitrogens is 1. The summed E-state index contributed by atoms with van der Waals surface area (Å²) in [4.78, 5) is 14.8. The van der Waals surface area contributed by atoms with Gasteiger partial charge in [0.15, 0.2) is 11.6 Å². The zero-order valence-electron chi connectivity index (χ0n) is 11.7. The molecule has 1 atom stereocenters. The lowest BCUT2D eigenvalue weighted by Crippen LogP contribution is -2.40. The normalized spacial score (nSPS) is 22.0. The smallest absolute Gasteiger partial charge is 0.271 e. The maximum absolute atomic E-state index is 13.3. The highest BCUT2D eigenvalue weighted by Crippen LogP contribution is 2.35. The van der Waals surface area contributed by atoms with E-state index in [1.54, 1.807) is 0 Å². The minimum Gasteiger partial charge on any atom is -0.491 e. The summed E-state index contributed by atoms with van der Waals surface area (Å²) in [5, 5.41) is 2.96. The van der Waals surface area contributed by atoms with Crippen molar-refractivity contribution in [2.75, 3.05) is 7.11 Å². The fourth-order valence-corrected chi connectivity index (χ4v) is 2.83. The lowest BCUT2D eigenvalue weighted by atomic mass is 9.75. The lowest BCUT2D eigenvalue weighted by Gasteiger charge is -2.35. The van der Waals surface area contributed by atoms with Gasteiger partial charge in [0.25, 0.3) is 5.91 Å². The van der Waals surface area contributed by atoms with Gasteiger partial charge in [-0.3, -0.25) is 4.79 Å². The van der Waals surface area contributed by atoms with Gasteiger partial charge in [0.2, 0.25) is 0 Å². The van der Waals surface area contributed by atoms with E-state index in [-0.39, 0.29) is 28.8 Å². The van der Waals surface area contributed by atoms with Gasteiger partial charge in [-0.15, -0.1) is 0 Å². The summed E-state index contributed by atoms with van der Waals surface area (Å²) < 4.78 is 18.2. The van der Waals surface area contributed by atoms with Gasteiger partial charge in [-0.2, -0.15) is 0 Å². The van der Waals surface area contributed by atoms with Crippen molar-refractivity contribution >= 4 is 5.91 Å². The average Bonchev–Trinajstić information content (AvgIpc) is 2.69. The van der Waals surface area contributed by atoms with Crippen molar-refractivity contribution in [3.63, 3.8) is 0 Å². The summed E-state index contributed by atoms with van der Waals surface area (Å²) in [6.45, 7) is 4.42. The Morgan fingerprint density at radius 1 is 1.58 bits per heavy atom. The molecule has 1 aromatic heterocycles. The molecule has 1 saturated carbocycles. The number of ether oxygens (including phenoxy) is 1. The lowest BCUT2D eigenvalue weighted by molar-refractivity contribution is 0.0894. The Morgan fingerprint density at radius 3 is 2.95 bits per heavy atom. The molecule has 1 fully saturated rings. The van der Waals surface area contributed by atoms with Crippen molar-refractivity contribution in [3.05, 3.63) is 17.7 Å². The molecule has 5 heteroatoms. The third-order valence-electron chi connectivity index (χ3n) is 3.76. The molecule has 106 valence electrons. The fraction of sp³-hybridized carbons (Fsp3) is 0.643. The van der Waals surface area contributed by atoms with E-state index in [0.29, 0.717) is 0 Å². The SMILES string of the molecule is COc1c(F)c[nH]c1C(=O)NC1CCCC(C)(C)C1. The zero-order valence-corrected chi connectivity index (χ0v) is 11.7. The molecule has 4 nitrogen and oxygen atoms in total. The summed E-state index contributed by atoms with van der Waals surface area (Å²) in [6.07, 6.45) is 5.34. The minimum atomic E-state index is -0.545. The highest BCUT2D eigenvalue weighted by Gasteiger charge is 2.30. The second-order valence-corrected chi connectivity index (χ2v) is 5.98. The van der Waals surface area contributed by atoms with Crippen LogP contribution in [0.25, 0.3) is 0 Å². The van der Waals surface area contributed by atoms with E-state index < -0.39 is 5.82 Å². The zero-order chi connectivity index (χ0) is 14.0. The fourth-order valence-electron chi connectivity index (χ4n) is 2.83. The van der Waals surface area contributed by atoms with Crippen LogP contribution in [0.3, 0.4) is 0 Å². The van der Waals surface area contributed by atoms with Gasteiger partial charge < -0.3 is 15.0 Å². The number of aromatic nitrogens is 1. The van der Waals surface area contributed by atoms with E-state index in [4.69, 9.17) is 4.74 Å². The monoisotopic (exact) mass is 268 g/mol. The van der Waals surface area contributed by atoms with E-state index in [1.165, 1.54) is 13.5 Å². The number of halogens is 1. The van der Waals surface area contributed by atoms with E-state index >= 15 is 0 Å². The Balaban J connectivity index is 2.04. The van der Waals surface area contributed by atoms with Crippen LogP contribution in [0.15, 0.2) is 6.20 Å². The summed E-state index contributed by atoms with van der Waals surface area (Å²) in [6, 6.07) is 0.146. The summed E-state index contributed by atoms with van der Waals surface area (Å²) in [5.41, 5.74) is 0.407. The second kappa shape index (κ2) is 5.23. The molecule has 2 rings (SSSR count). The van der Waals surface area contributed by atoms with Crippen LogP contribution in [0.4, 0.5) is 4.39 Å². The Bertz CT molecular complexity index is 468. The van der Waals surface area contributed by atoms with Crippen molar-refractivity contribution in [3.8, 4) is 5.75 Å². The first kappa shape index (κ1) is 13.9. The first-order valence-corrected chi connectivity index (χ1v) is 6.65. The molecule has 0 radical (unpaired) electrons. The number of methoxy groups -OCH3 is 1. The Hall–Kier alpha value is -1.52. The number of aromatic amines is 1. The van der Waals surface area contributed by atoms with E-state index in [1.807, 2.05) is 0 Å². The van der Waals surface area contributed by atoms with Gasteiger partial charge in [0.1, 0.15) is 5.69 Å². The number of nitrogens with one attached hydrogen (secondary N) is 2. The number of hydrogen-bond donors (Lipinski definition) is 2. The third-order valence-corrected chi connectivity index (χ3v) is 3.76. The first-order valence-electron chi connectivity index (χ1n) is 6.65. The van der Waals surface area contributed by atoms with E-state index in [0.717, 1.165) is 25.5 Å². The number of carbonyl (C=O) groups is 1.